The first-order valence-corrected chi connectivity index (χ1v) is 6.62. The summed E-state index contributed by atoms with van der Waals surface area (Å²) in [4.78, 5) is 12.0. The summed E-state index contributed by atoms with van der Waals surface area (Å²) in [6.07, 6.45) is 0.323. The average molecular weight is 333 g/mol. The molecule has 5 heteroatoms. The lowest BCUT2D eigenvalue weighted by molar-refractivity contribution is 0.102. The normalized spacial score (nSPS) is 9.85. The van der Waals surface area contributed by atoms with Gasteiger partial charge in [0, 0.05) is 10.2 Å². The zero-order valence-corrected chi connectivity index (χ0v) is 11.9. The van der Waals surface area contributed by atoms with Gasteiger partial charge in [0.2, 0.25) is 0 Å². The first-order valence-electron chi connectivity index (χ1n) is 5.82. The van der Waals surface area contributed by atoms with Gasteiger partial charge >= 0.3 is 0 Å². The highest BCUT2D eigenvalue weighted by Gasteiger charge is 2.11. The SMILES string of the molecule is N#CCc1ccc(NC(=O)c2cc(F)ccc2Br)cc1. The molecule has 0 spiro atoms. The molecule has 0 aliphatic rings. The highest BCUT2D eigenvalue weighted by Crippen LogP contribution is 2.19. The van der Waals surface area contributed by atoms with Gasteiger partial charge < -0.3 is 5.32 Å². The second-order valence-electron chi connectivity index (χ2n) is 4.11. The minimum absolute atomic E-state index is 0.228. The molecule has 2 aromatic rings. The summed E-state index contributed by atoms with van der Waals surface area (Å²) in [6.45, 7) is 0. The monoisotopic (exact) mass is 332 g/mol. The molecule has 0 saturated carbocycles. The number of carbonyl (C=O) groups excluding carboxylic acids is 1. The fraction of sp³-hybridized carbons (Fsp3) is 0.0667. The second kappa shape index (κ2) is 6.31. The van der Waals surface area contributed by atoms with Crippen molar-refractivity contribution in [2.24, 2.45) is 0 Å². The zero-order chi connectivity index (χ0) is 14.5. The first kappa shape index (κ1) is 14.2. The van der Waals surface area contributed by atoms with Crippen molar-refractivity contribution in [1.82, 2.24) is 0 Å². The smallest absolute Gasteiger partial charge is 0.256 e. The Bertz CT molecular complexity index is 677. The molecule has 1 amide bonds. The van der Waals surface area contributed by atoms with E-state index in [1.807, 2.05) is 6.07 Å². The summed E-state index contributed by atoms with van der Waals surface area (Å²) in [7, 11) is 0. The van der Waals surface area contributed by atoms with Gasteiger partial charge in [-0.05, 0) is 51.8 Å². The average Bonchev–Trinajstić information content (AvgIpc) is 2.44. The molecule has 0 atom stereocenters. The molecular weight excluding hydrogens is 323 g/mol. The van der Waals surface area contributed by atoms with E-state index in [9.17, 15) is 9.18 Å². The maximum absolute atomic E-state index is 13.2. The van der Waals surface area contributed by atoms with Gasteiger partial charge in [-0.3, -0.25) is 4.79 Å². The molecule has 100 valence electrons. The van der Waals surface area contributed by atoms with Crippen LogP contribution >= 0.6 is 15.9 Å². The lowest BCUT2D eigenvalue weighted by Gasteiger charge is -2.07. The number of amides is 1. The van der Waals surface area contributed by atoms with Gasteiger partial charge in [0.05, 0.1) is 18.1 Å². The Morgan fingerprint density at radius 3 is 2.60 bits per heavy atom. The Labute approximate surface area is 124 Å². The van der Waals surface area contributed by atoms with Gasteiger partial charge in [0.1, 0.15) is 5.82 Å². The Morgan fingerprint density at radius 1 is 1.25 bits per heavy atom. The van der Waals surface area contributed by atoms with Crippen molar-refractivity contribution in [2.75, 3.05) is 5.32 Å². The molecular formula is C15H10BrFN2O. The van der Waals surface area contributed by atoms with E-state index in [0.29, 0.717) is 16.6 Å². The lowest BCUT2D eigenvalue weighted by atomic mass is 10.1. The number of anilines is 1. The Morgan fingerprint density at radius 2 is 1.95 bits per heavy atom. The van der Waals surface area contributed by atoms with Crippen LogP contribution in [0.25, 0.3) is 0 Å². The number of nitrogens with zero attached hydrogens (tertiary/aromatic N) is 1. The fourth-order valence-corrected chi connectivity index (χ4v) is 2.09. The largest absolute Gasteiger partial charge is 0.322 e. The minimum atomic E-state index is -0.470. The summed E-state index contributed by atoms with van der Waals surface area (Å²) in [5.41, 5.74) is 1.69. The van der Waals surface area contributed by atoms with Gasteiger partial charge in [-0.2, -0.15) is 5.26 Å². The van der Waals surface area contributed by atoms with Crippen molar-refractivity contribution in [3.8, 4) is 6.07 Å². The third-order valence-electron chi connectivity index (χ3n) is 2.67. The minimum Gasteiger partial charge on any atom is -0.322 e. The van der Waals surface area contributed by atoms with Crippen LogP contribution in [-0.4, -0.2) is 5.91 Å². The summed E-state index contributed by atoms with van der Waals surface area (Å²) >= 11 is 3.21. The highest BCUT2D eigenvalue weighted by atomic mass is 79.9. The van der Waals surface area contributed by atoms with Gasteiger partial charge in [-0.1, -0.05) is 12.1 Å². The van der Waals surface area contributed by atoms with Gasteiger partial charge in [-0.25, -0.2) is 4.39 Å². The van der Waals surface area contributed by atoms with Crippen LogP contribution in [0.3, 0.4) is 0 Å². The quantitative estimate of drug-likeness (QED) is 0.926. The molecule has 0 aromatic heterocycles. The van der Waals surface area contributed by atoms with Crippen molar-refractivity contribution in [3.05, 3.63) is 63.9 Å². The molecule has 0 heterocycles. The Balaban J connectivity index is 2.15. The van der Waals surface area contributed by atoms with E-state index < -0.39 is 11.7 Å². The maximum Gasteiger partial charge on any atom is 0.256 e. The standard InChI is InChI=1S/C15H10BrFN2O/c16-14-6-3-11(17)9-13(14)15(20)19-12-4-1-10(2-5-12)7-8-18/h1-6,9H,7H2,(H,19,20). The number of nitriles is 1. The van der Waals surface area contributed by atoms with Crippen molar-refractivity contribution in [3.63, 3.8) is 0 Å². The molecule has 0 saturated heterocycles. The maximum atomic E-state index is 13.2. The number of nitrogens with one attached hydrogen (secondary N) is 1. The van der Waals surface area contributed by atoms with Gasteiger partial charge in [0.15, 0.2) is 0 Å². The molecule has 0 bridgehead atoms. The van der Waals surface area contributed by atoms with Crippen molar-refractivity contribution in [2.45, 2.75) is 6.42 Å². The Kier molecular flexibility index (Phi) is 4.49. The van der Waals surface area contributed by atoms with Gasteiger partial charge in [-0.15, -0.1) is 0 Å². The van der Waals surface area contributed by atoms with E-state index in [0.717, 1.165) is 5.56 Å². The fourth-order valence-electron chi connectivity index (χ4n) is 1.67. The number of carbonyl (C=O) groups is 1. The van der Waals surface area contributed by atoms with Crippen LogP contribution in [0.4, 0.5) is 10.1 Å². The predicted octanol–water partition coefficient (Wildman–Crippen LogP) is 3.91. The Hall–Kier alpha value is -2.19. The van der Waals surface area contributed by atoms with Crippen molar-refractivity contribution in [1.29, 1.82) is 5.26 Å². The van der Waals surface area contributed by atoms with E-state index in [2.05, 4.69) is 21.2 Å². The van der Waals surface area contributed by atoms with E-state index >= 15 is 0 Å². The molecule has 0 aliphatic carbocycles. The summed E-state index contributed by atoms with van der Waals surface area (Å²) < 4.78 is 13.7. The van der Waals surface area contributed by atoms with Crippen LogP contribution in [0.5, 0.6) is 0 Å². The number of hydrogen-bond acceptors (Lipinski definition) is 2. The third kappa shape index (κ3) is 3.43. The van der Waals surface area contributed by atoms with Crippen LogP contribution in [0.2, 0.25) is 0 Å². The molecule has 0 radical (unpaired) electrons. The highest BCUT2D eigenvalue weighted by molar-refractivity contribution is 9.10. The van der Waals surface area contributed by atoms with Crippen LogP contribution in [0, 0.1) is 17.1 Å². The molecule has 3 nitrogen and oxygen atoms in total. The predicted molar refractivity (Wildman–Crippen MR) is 77.8 cm³/mol. The van der Waals surface area contributed by atoms with Crippen LogP contribution in [0.1, 0.15) is 15.9 Å². The third-order valence-corrected chi connectivity index (χ3v) is 3.36. The molecule has 1 N–H and O–H groups in total. The van der Waals surface area contributed by atoms with Crippen LogP contribution < -0.4 is 5.32 Å². The number of hydrogen-bond donors (Lipinski definition) is 1. The number of benzene rings is 2. The molecule has 20 heavy (non-hydrogen) atoms. The van der Waals surface area contributed by atoms with E-state index in [-0.39, 0.29) is 5.56 Å². The van der Waals surface area contributed by atoms with E-state index in [1.165, 1.54) is 18.2 Å². The van der Waals surface area contributed by atoms with E-state index in [4.69, 9.17) is 5.26 Å². The summed E-state index contributed by atoms with van der Waals surface area (Å²) in [5, 5.41) is 11.3. The molecule has 0 aliphatic heterocycles. The summed E-state index contributed by atoms with van der Waals surface area (Å²) in [5.74, 6) is -0.868. The van der Waals surface area contributed by atoms with Gasteiger partial charge in [0.25, 0.3) is 5.91 Å². The first-order chi connectivity index (χ1) is 9.60. The molecule has 2 rings (SSSR count). The van der Waals surface area contributed by atoms with E-state index in [1.54, 1.807) is 24.3 Å². The van der Waals surface area contributed by atoms with Crippen molar-refractivity contribution < 1.29 is 9.18 Å². The van der Waals surface area contributed by atoms with Crippen LogP contribution in [0.15, 0.2) is 46.9 Å². The number of rotatable bonds is 3. The topological polar surface area (TPSA) is 52.9 Å². The molecule has 2 aromatic carbocycles. The molecule has 0 unspecified atom stereocenters. The van der Waals surface area contributed by atoms with Crippen LogP contribution in [-0.2, 0) is 6.42 Å². The van der Waals surface area contributed by atoms with Crippen molar-refractivity contribution >= 4 is 27.5 Å². The zero-order valence-electron chi connectivity index (χ0n) is 10.4. The second-order valence-corrected chi connectivity index (χ2v) is 4.96. The number of halogens is 2. The lowest BCUT2D eigenvalue weighted by Crippen LogP contribution is -2.12. The molecule has 0 fully saturated rings. The summed E-state index contributed by atoms with van der Waals surface area (Å²) in [6, 6.07) is 12.9.